The number of carbonyl (C=O) groups is 1. The zero-order valence-electron chi connectivity index (χ0n) is 11.2. The van der Waals surface area contributed by atoms with Gasteiger partial charge in [-0.1, -0.05) is 0 Å². The number of carbonyl (C=O) groups excluding carboxylic acids is 1. The summed E-state index contributed by atoms with van der Waals surface area (Å²) in [7, 11) is 0. The summed E-state index contributed by atoms with van der Waals surface area (Å²) in [5, 5.41) is 3.35. The molecule has 1 aromatic rings. The van der Waals surface area contributed by atoms with Crippen LogP contribution in [0.4, 0.5) is 0 Å². The van der Waals surface area contributed by atoms with Gasteiger partial charge in [0.25, 0.3) is 5.91 Å². The Kier molecular flexibility index (Phi) is 4.42. The molecule has 1 N–H and O–H groups in total. The average Bonchev–Trinajstić information content (AvgIpc) is 2.90. The molecule has 0 saturated carbocycles. The molecule has 0 aromatic carbocycles. The van der Waals surface area contributed by atoms with E-state index in [1.54, 1.807) is 18.4 Å². The first-order chi connectivity index (χ1) is 8.68. The number of hydrogen-bond donors (Lipinski definition) is 1. The Hall–Kier alpha value is -1.29. The van der Waals surface area contributed by atoms with Crippen molar-refractivity contribution in [1.82, 2.24) is 10.2 Å². The predicted octanol–water partition coefficient (Wildman–Crippen LogP) is 2.13. The maximum atomic E-state index is 12.3. The lowest BCUT2D eigenvalue weighted by Gasteiger charge is -2.32. The highest BCUT2D eigenvalue weighted by Gasteiger charge is 2.25. The van der Waals surface area contributed by atoms with Crippen molar-refractivity contribution in [3.05, 3.63) is 24.2 Å². The van der Waals surface area contributed by atoms with Gasteiger partial charge in [-0.15, -0.1) is 0 Å². The largest absolute Gasteiger partial charge is 0.459 e. The molecule has 4 nitrogen and oxygen atoms in total. The van der Waals surface area contributed by atoms with Gasteiger partial charge in [-0.2, -0.15) is 0 Å². The Morgan fingerprint density at radius 2 is 2.22 bits per heavy atom. The van der Waals surface area contributed by atoms with Crippen LogP contribution < -0.4 is 5.32 Å². The number of furan rings is 1. The van der Waals surface area contributed by atoms with Gasteiger partial charge in [-0.25, -0.2) is 0 Å². The highest BCUT2D eigenvalue weighted by atomic mass is 16.3. The Morgan fingerprint density at radius 3 is 2.78 bits per heavy atom. The van der Waals surface area contributed by atoms with Crippen molar-refractivity contribution in [1.29, 1.82) is 0 Å². The number of nitrogens with one attached hydrogen (secondary N) is 1. The highest BCUT2D eigenvalue weighted by Crippen LogP contribution is 2.17. The summed E-state index contributed by atoms with van der Waals surface area (Å²) in [6, 6.07) is 3.70. The van der Waals surface area contributed by atoms with Crippen LogP contribution in [0.25, 0.3) is 0 Å². The molecule has 1 fully saturated rings. The molecule has 0 unspecified atom stereocenters. The first-order valence-electron chi connectivity index (χ1n) is 6.73. The Bertz CT molecular complexity index is 367. The lowest BCUT2D eigenvalue weighted by molar-refractivity contribution is 0.0625. The topological polar surface area (TPSA) is 45.5 Å². The van der Waals surface area contributed by atoms with E-state index in [9.17, 15) is 4.79 Å². The Labute approximate surface area is 108 Å². The fourth-order valence-corrected chi connectivity index (χ4v) is 2.41. The van der Waals surface area contributed by atoms with Crippen molar-refractivity contribution in [2.75, 3.05) is 19.6 Å². The van der Waals surface area contributed by atoms with E-state index < -0.39 is 0 Å². The second-order valence-electron chi connectivity index (χ2n) is 5.22. The van der Waals surface area contributed by atoms with Gasteiger partial charge in [0.15, 0.2) is 5.76 Å². The molecule has 2 heterocycles. The second-order valence-corrected chi connectivity index (χ2v) is 5.22. The zero-order chi connectivity index (χ0) is 13.0. The van der Waals surface area contributed by atoms with Crippen LogP contribution in [-0.2, 0) is 0 Å². The summed E-state index contributed by atoms with van der Waals surface area (Å²) in [4.78, 5) is 14.3. The summed E-state index contributed by atoms with van der Waals surface area (Å²) in [5.41, 5.74) is 0. The van der Waals surface area contributed by atoms with E-state index in [0.29, 0.717) is 11.7 Å². The van der Waals surface area contributed by atoms with E-state index in [0.717, 1.165) is 32.5 Å². The van der Waals surface area contributed by atoms with Crippen molar-refractivity contribution < 1.29 is 9.21 Å². The molecule has 0 aliphatic carbocycles. The molecule has 1 aromatic heterocycles. The molecular formula is C14H22N2O2. The average molecular weight is 250 g/mol. The van der Waals surface area contributed by atoms with Crippen molar-refractivity contribution >= 4 is 5.91 Å². The van der Waals surface area contributed by atoms with Gasteiger partial charge in [0.2, 0.25) is 0 Å². The predicted molar refractivity (Wildman–Crippen MR) is 70.5 cm³/mol. The van der Waals surface area contributed by atoms with Crippen LogP contribution in [0.3, 0.4) is 0 Å². The molecule has 2 rings (SSSR count). The molecule has 0 radical (unpaired) electrons. The first kappa shape index (κ1) is 13.1. The van der Waals surface area contributed by atoms with Crippen LogP contribution in [0.1, 0.15) is 37.2 Å². The lowest BCUT2D eigenvalue weighted by Crippen LogP contribution is -2.42. The van der Waals surface area contributed by atoms with E-state index in [4.69, 9.17) is 4.42 Å². The summed E-state index contributed by atoms with van der Waals surface area (Å²) in [5.74, 6) is 1.05. The summed E-state index contributed by atoms with van der Waals surface area (Å²) in [6.45, 7) is 7.07. The first-order valence-corrected chi connectivity index (χ1v) is 6.73. The summed E-state index contributed by atoms with van der Waals surface area (Å²) < 4.78 is 5.21. The van der Waals surface area contributed by atoms with E-state index >= 15 is 0 Å². The van der Waals surface area contributed by atoms with Crippen LogP contribution in [0, 0.1) is 5.92 Å². The minimum Gasteiger partial charge on any atom is -0.459 e. The number of rotatable bonds is 4. The van der Waals surface area contributed by atoms with Gasteiger partial charge in [0.05, 0.1) is 6.26 Å². The van der Waals surface area contributed by atoms with E-state index in [1.165, 1.54) is 0 Å². The van der Waals surface area contributed by atoms with E-state index in [2.05, 4.69) is 19.2 Å². The fraction of sp³-hybridized carbons (Fsp3) is 0.643. The van der Waals surface area contributed by atoms with E-state index in [1.807, 2.05) is 4.90 Å². The fourth-order valence-electron chi connectivity index (χ4n) is 2.41. The normalized spacial score (nSPS) is 17.1. The van der Waals surface area contributed by atoms with Crippen molar-refractivity contribution in [2.24, 2.45) is 5.92 Å². The molecular weight excluding hydrogens is 228 g/mol. The molecule has 1 aliphatic heterocycles. The number of nitrogens with zero attached hydrogens (tertiary/aromatic N) is 1. The van der Waals surface area contributed by atoms with Crippen molar-refractivity contribution in [2.45, 2.75) is 32.7 Å². The maximum Gasteiger partial charge on any atom is 0.289 e. The standard InChI is InChI=1S/C14H22N2O2/c1-11(2)16(10-12-5-7-15-8-6-12)14(17)13-4-3-9-18-13/h3-4,9,11-12,15H,5-8,10H2,1-2H3. The van der Waals surface area contributed by atoms with Crippen LogP contribution in [0.2, 0.25) is 0 Å². The highest BCUT2D eigenvalue weighted by molar-refractivity contribution is 5.91. The Balaban J connectivity index is 2.01. The molecule has 4 heteroatoms. The number of piperidine rings is 1. The van der Waals surface area contributed by atoms with Gasteiger partial charge in [-0.05, 0) is 57.8 Å². The monoisotopic (exact) mass is 250 g/mol. The second kappa shape index (κ2) is 6.05. The van der Waals surface area contributed by atoms with Gasteiger partial charge in [-0.3, -0.25) is 4.79 Å². The van der Waals surface area contributed by atoms with Gasteiger partial charge in [0.1, 0.15) is 0 Å². The molecule has 0 atom stereocenters. The summed E-state index contributed by atoms with van der Waals surface area (Å²) in [6.07, 6.45) is 3.85. The minimum atomic E-state index is 0.00790. The van der Waals surface area contributed by atoms with Gasteiger partial charge < -0.3 is 14.6 Å². The Morgan fingerprint density at radius 1 is 1.50 bits per heavy atom. The molecule has 0 bridgehead atoms. The van der Waals surface area contributed by atoms with Crippen LogP contribution >= 0.6 is 0 Å². The number of amides is 1. The van der Waals surface area contributed by atoms with Crippen molar-refractivity contribution in [3.63, 3.8) is 0 Å². The van der Waals surface area contributed by atoms with E-state index in [-0.39, 0.29) is 11.9 Å². The van der Waals surface area contributed by atoms with Crippen LogP contribution in [-0.4, -0.2) is 36.5 Å². The van der Waals surface area contributed by atoms with Gasteiger partial charge in [0, 0.05) is 12.6 Å². The minimum absolute atomic E-state index is 0.00790. The third-order valence-electron chi connectivity index (χ3n) is 3.53. The molecule has 1 aliphatic rings. The van der Waals surface area contributed by atoms with Gasteiger partial charge >= 0.3 is 0 Å². The third-order valence-corrected chi connectivity index (χ3v) is 3.53. The lowest BCUT2D eigenvalue weighted by atomic mass is 9.97. The molecule has 0 spiro atoms. The quantitative estimate of drug-likeness (QED) is 0.890. The molecule has 1 saturated heterocycles. The SMILES string of the molecule is CC(C)N(CC1CCNCC1)C(=O)c1ccco1. The third kappa shape index (κ3) is 3.13. The molecule has 100 valence electrons. The molecule has 18 heavy (non-hydrogen) atoms. The number of hydrogen-bond acceptors (Lipinski definition) is 3. The summed E-state index contributed by atoms with van der Waals surface area (Å²) >= 11 is 0. The zero-order valence-corrected chi connectivity index (χ0v) is 11.2. The van der Waals surface area contributed by atoms with Crippen LogP contribution in [0.5, 0.6) is 0 Å². The van der Waals surface area contributed by atoms with Crippen molar-refractivity contribution in [3.8, 4) is 0 Å². The van der Waals surface area contributed by atoms with Crippen LogP contribution in [0.15, 0.2) is 22.8 Å². The molecule has 1 amide bonds. The maximum absolute atomic E-state index is 12.3. The smallest absolute Gasteiger partial charge is 0.289 e.